The molecule has 2 heterocycles. The molecule has 0 radical (unpaired) electrons. The van der Waals surface area contributed by atoms with Gasteiger partial charge in [-0.2, -0.15) is 0 Å². The zero-order valence-electron chi connectivity index (χ0n) is 19.3. The highest BCUT2D eigenvalue weighted by Gasteiger charge is 2.61. The number of nitrogens with zero attached hydrogens (tertiary/aromatic N) is 2. The summed E-state index contributed by atoms with van der Waals surface area (Å²) >= 11 is 9.74. The number of carbonyl (C=O) groups is 3. The van der Waals surface area contributed by atoms with Crippen LogP contribution in [0.2, 0.25) is 5.02 Å². The van der Waals surface area contributed by atoms with Crippen LogP contribution in [0.3, 0.4) is 0 Å². The number of hydrogen-bond donors (Lipinski definition) is 1. The predicted octanol–water partition coefficient (Wildman–Crippen LogP) is 4.38. The Morgan fingerprint density at radius 2 is 1.75 bits per heavy atom. The topological polar surface area (TPSA) is 88.2 Å². The average molecular weight is 571 g/mol. The number of rotatable bonds is 5. The van der Waals surface area contributed by atoms with Crippen molar-refractivity contribution in [2.24, 2.45) is 5.92 Å². The lowest BCUT2D eigenvalue weighted by Gasteiger charge is -2.26. The summed E-state index contributed by atoms with van der Waals surface area (Å²) in [5, 5.41) is 1.51. The van der Waals surface area contributed by atoms with Crippen LogP contribution in [0.5, 0.6) is 11.5 Å². The standard InChI is InChI=1S/C26H21BrClN3O5/c1-35-16-10-11-17(20(13-16)36-2)22-21-23(31(29-22)24(32)14-6-5-7-15(27)12-14)26(34)30(25(21)33)19-9-4-3-8-18(19)28/h3-13,21-23,29H,1-2H3/t21-,22-,23-/m0/s1. The molecular weight excluding hydrogens is 550 g/mol. The summed E-state index contributed by atoms with van der Waals surface area (Å²) in [6.07, 6.45) is 0. The number of methoxy groups -OCH3 is 2. The van der Waals surface area contributed by atoms with Crippen LogP contribution in [-0.4, -0.2) is 43.0 Å². The Bertz CT molecular complexity index is 1380. The molecule has 2 saturated heterocycles. The molecule has 8 nitrogen and oxygen atoms in total. The van der Waals surface area contributed by atoms with Gasteiger partial charge < -0.3 is 9.47 Å². The van der Waals surface area contributed by atoms with Crippen LogP contribution in [-0.2, 0) is 9.59 Å². The van der Waals surface area contributed by atoms with Crippen LogP contribution < -0.4 is 19.8 Å². The smallest absolute Gasteiger partial charge is 0.268 e. The molecule has 184 valence electrons. The molecule has 0 bridgehead atoms. The van der Waals surface area contributed by atoms with E-state index < -0.39 is 35.7 Å². The molecule has 0 aliphatic carbocycles. The molecule has 2 aliphatic rings. The highest BCUT2D eigenvalue weighted by Crippen LogP contribution is 2.46. The zero-order chi connectivity index (χ0) is 25.6. The first kappa shape index (κ1) is 24.3. The summed E-state index contributed by atoms with van der Waals surface area (Å²) in [5.41, 5.74) is 4.38. The number of carbonyl (C=O) groups excluding carboxylic acids is 3. The van der Waals surface area contributed by atoms with E-state index in [1.54, 1.807) is 66.7 Å². The number of ether oxygens (including phenoxy) is 2. The van der Waals surface area contributed by atoms with E-state index in [1.165, 1.54) is 19.2 Å². The third-order valence-corrected chi connectivity index (χ3v) is 7.21. The van der Waals surface area contributed by atoms with Crippen molar-refractivity contribution in [1.29, 1.82) is 0 Å². The molecule has 0 spiro atoms. The molecule has 10 heteroatoms. The second-order valence-electron chi connectivity index (χ2n) is 8.33. The molecule has 3 aromatic rings. The maximum Gasteiger partial charge on any atom is 0.268 e. The summed E-state index contributed by atoms with van der Waals surface area (Å²) in [7, 11) is 3.05. The Hall–Kier alpha value is -3.40. The van der Waals surface area contributed by atoms with Crippen LogP contribution >= 0.6 is 27.5 Å². The first-order chi connectivity index (χ1) is 17.3. The molecule has 0 unspecified atom stereocenters. The van der Waals surface area contributed by atoms with Crippen LogP contribution in [0.4, 0.5) is 5.69 Å². The summed E-state index contributed by atoms with van der Waals surface area (Å²) in [5.74, 6) is -1.32. The van der Waals surface area contributed by atoms with E-state index in [4.69, 9.17) is 21.1 Å². The number of benzene rings is 3. The number of hydrogen-bond acceptors (Lipinski definition) is 6. The molecule has 36 heavy (non-hydrogen) atoms. The number of nitrogens with one attached hydrogen (secondary N) is 1. The number of halogens is 2. The van der Waals surface area contributed by atoms with Gasteiger partial charge in [0, 0.05) is 21.7 Å². The van der Waals surface area contributed by atoms with Gasteiger partial charge in [0.2, 0.25) is 5.91 Å². The Balaban J connectivity index is 1.63. The predicted molar refractivity (Wildman–Crippen MR) is 137 cm³/mol. The maximum absolute atomic E-state index is 13.8. The van der Waals surface area contributed by atoms with E-state index in [0.29, 0.717) is 27.1 Å². The Labute approximate surface area is 220 Å². The molecule has 3 aromatic carbocycles. The lowest BCUT2D eigenvalue weighted by atomic mass is 9.90. The lowest BCUT2D eigenvalue weighted by Crippen LogP contribution is -2.48. The minimum atomic E-state index is -1.09. The molecule has 0 saturated carbocycles. The quantitative estimate of drug-likeness (QED) is 0.458. The van der Waals surface area contributed by atoms with Crippen LogP contribution in [0.15, 0.2) is 71.2 Å². The van der Waals surface area contributed by atoms with E-state index >= 15 is 0 Å². The third kappa shape index (κ3) is 3.93. The van der Waals surface area contributed by atoms with E-state index in [9.17, 15) is 14.4 Å². The monoisotopic (exact) mass is 569 g/mol. The number of hydrazine groups is 1. The van der Waals surface area contributed by atoms with Crippen molar-refractivity contribution in [2.45, 2.75) is 12.1 Å². The van der Waals surface area contributed by atoms with E-state index in [2.05, 4.69) is 21.4 Å². The molecule has 1 N–H and O–H groups in total. The lowest BCUT2D eigenvalue weighted by molar-refractivity contribution is -0.123. The second-order valence-corrected chi connectivity index (χ2v) is 9.66. The average Bonchev–Trinajstić information content (AvgIpc) is 3.40. The second kappa shape index (κ2) is 9.57. The molecule has 3 atom stereocenters. The SMILES string of the molecule is COc1ccc([C@@H]2NN(C(=O)c3cccc(Br)c3)[C@@H]3C(=O)N(c4ccccc4Cl)C(=O)[C@H]32)c(OC)c1. The van der Waals surface area contributed by atoms with Gasteiger partial charge in [0.1, 0.15) is 17.5 Å². The Morgan fingerprint density at radius 1 is 0.972 bits per heavy atom. The molecule has 2 fully saturated rings. The fraction of sp³-hybridized carbons (Fsp3) is 0.192. The molecule has 2 aliphatic heterocycles. The van der Waals surface area contributed by atoms with Crippen LogP contribution in [0.1, 0.15) is 22.0 Å². The number of amides is 3. The molecule has 3 amide bonds. The fourth-order valence-electron chi connectivity index (χ4n) is 4.74. The zero-order valence-corrected chi connectivity index (χ0v) is 21.6. The summed E-state index contributed by atoms with van der Waals surface area (Å²) in [6, 6.07) is 16.8. The van der Waals surface area contributed by atoms with Gasteiger partial charge in [0.25, 0.3) is 11.8 Å². The Morgan fingerprint density at radius 3 is 2.44 bits per heavy atom. The van der Waals surface area contributed by atoms with Crippen molar-refractivity contribution < 1.29 is 23.9 Å². The van der Waals surface area contributed by atoms with Gasteiger partial charge in [-0.1, -0.05) is 45.7 Å². The van der Waals surface area contributed by atoms with Crippen molar-refractivity contribution in [3.8, 4) is 11.5 Å². The van der Waals surface area contributed by atoms with Crippen molar-refractivity contribution >= 4 is 50.9 Å². The van der Waals surface area contributed by atoms with Crippen molar-refractivity contribution in [1.82, 2.24) is 10.4 Å². The number of imide groups is 1. The van der Waals surface area contributed by atoms with Gasteiger partial charge in [-0.3, -0.25) is 19.4 Å². The largest absolute Gasteiger partial charge is 0.497 e. The normalized spacial score (nSPS) is 21.1. The molecule has 0 aromatic heterocycles. The highest BCUT2D eigenvalue weighted by atomic mass is 79.9. The van der Waals surface area contributed by atoms with Gasteiger partial charge in [-0.15, -0.1) is 0 Å². The number of anilines is 1. The number of para-hydroxylation sites is 1. The summed E-state index contributed by atoms with van der Waals surface area (Å²) in [4.78, 5) is 42.2. The number of fused-ring (bicyclic) bond motifs is 1. The molecular formula is C26H21BrClN3O5. The van der Waals surface area contributed by atoms with Crippen LogP contribution in [0, 0.1) is 5.92 Å². The van der Waals surface area contributed by atoms with E-state index in [1.807, 2.05) is 0 Å². The third-order valence-electron chi connectivity index (χ3n) is 6.39. The van der Waals surface area contributed by atoms with Crippen molar-refractivity contribution in [2.75, 3.05) is 19.1 Å². The van der Waals surface area contributed by atoms with E-state index in [-0.39, 0.29) is 10.7 Å². The first-order valence-electron chi connectivity index (χ1n) is 11.0. The highest BCUT2D eigenvalue weighted by molar-refractivity contribution is 9.10. The molecule has 5 rings (SSSR count). The van der Waals surface area contributed by atoms with E-state index in [0.717, 1.165) is 4.90 Å². The van der Waals surface area contributed by atoms with Gasteiger partial charge in [-0.25, -0.2) is 10.3 Å². The van der Waals surface area contributed by atoms with Crippen molar-refractivity contribution in [3.05, 3.63) is 87.4 Å². The van der Waals surface area contributed by atoms with Gasteiger partial charge in [0.15, 0.2) is 0 Å². The summed E-state index contributed by atoms with van der Waals surface area (Å²) < 4.78 is 11.6. The van der Waals surface area contributed by atoms with Crippen LogP contribution in [0.25, 0.3) is 0 Å². The van der Waals surface area contributed by atoms with Gasteiger partial charge in [0.05, 0.1) is 36.9 Å². The van der Waals surface area contributed by atoms with Gasteiger partial charge in [-0.05, 0) is 42.5 Å². The Kier molecular flexibility index (Phi) is 6.46. The summed E-state index contributed by atoms with van der Waals surface area (Å²) in [6.45, 7) is 0. The minimum absolute atomic E-state index is 0.260. The minimum Gasteiger partial charge on any atom is -0.497 e. The van der Waals surface area contributed by atoms with Gasteiger partial charge >= 0.3 is 0 Å². The maximum atomic E-state index is 13.8. The van der Waals surface area contributed by atoms with Crippen molar-refractivity contribution in [3.63, 3.8) is 0 Å². The fourth-order valence-corrected chi connectivity index (χ4v) is 5.36. The first-order valence-corrected chi connectivity index (χ1v) is 12.2.